The van der Waals surface area contributed by atoms with Crippen molar-refractivity contribution in [3.05, 3.63) is 0 Å². The summed E-state index contributed by atoms with van der Waals surface area (Å²) in [7, 11) is 0. The van der Waals surface area contributed by atoms with Crippen LogP contribution in [0.5, 0.6) is 0 Å². The van der Waals surface area contributed by atoms with Gasteiger partial charge >= 0.3 is 0 Å². The lowest BCUT2D eigenvalue weighted by molar-refractivity contribution is -0.0307. The van der Waals surface area contributed by atoms with E-state index in [2.05, 4.69) is 6.92 Å². The molecule has 4 unspecified atom stereocenters. The second-order valence-electron chi connectivity index (χ2n) is 4.47. The Balaban J connectivity index is 2.08. The van der Waals surface area contributed by atoms with Gasteiger partial charge in [-0.3, -0.25) is 0 Å². The average Bonchev–Trinajstić information content (AvgIpc) is 2.77. The summed E-state index contributed by atoms with van der Waals surface area (Å²) in [6.07, 6.45) is 4.51. The van der Waals surface area contributed by atoms with Gasteiger partial charge in [-0.05, 0) is 50.0 Å². The Labute approximate surface area is 74.1 Å². The van der Waals surface area contributed by atoms with Crippen LogP contribution in [0.2, 0.25) is 0 Å². The first-order chi connectivity index (χ1) is 5.72. The normalized spacial score (nSPS) is 47.2. The molecule has 2 aliphatic rings. The van der Waals surface area contributed by atoms with Gasteiger partial charge in [-0.15, -0.1) is 0 Å². The van der Waals surface area contributed by atoms with E-state index < -0.39 is 0 Å². The van der Waals surface area contributed by atoms with Gasteiger partial charge in [0.1, 0.15) is 0 Å². The zero-order chi connectivity index (χ0) is 8.77. The maximum absolute atomic E-state index is 10.4. The van der Waals surface area contributed by atoms with Crippen LogP contribution in [-0.2, 0) is 0 Å². The van der Waals surface area contributed by atoms with Crippen molar-refractivity contribution in [2.75, 3.05) is 6.54 Å². The standard InChI is InChI=1S/C10H19NO/c1-2-8(6-11)10(12)4-3-7-5-9(7)10/h7-9,12H,2-6,11H2,1H3. The van der Waals surface area contributed by atoms with Gasteiger partial charge in [-0.1, -0.05) is 6.92 Å². The van der Waals surface area contributed by atoms with Crippen molar-refractivity contribution in [2.24, 2.45) is 23.5 Å². The Morgan fingerprint density at radius 2 is 2.42 bits per heavy atom. The molecule has 0 aromatic rings. The maximum Gasteiger partial charge on any atom is 0.0718 e. The molecular weight excluding hydrogens is 150 g/mol. The van der Waals surface area contributed by atoms with Gasteiger partial charge < -0.3 is 10.8 Å². The number of nitrogens with two attached hydrogens (primary N) is 1. The van der Waals surface area contributed by atoms with Crippen LogP contribution in [0.4, 0.5) is 0 Å². The van der Waals surface area contributed by atoms with Crippen LogP contribution in [0, 0.1) is 17.8 Å². The van der Waals surface area contributed by atoms with Crippen LogP contribution in [0.25, 0.3) is 0 Å². The lowest BCUT2D eigenvalue weighted by Crippen LogP contribution is -2.42. The first-order valence-electron chi connectivity index (χ1n) is 5.14. The fourth-order valence-corrected chi connectivity index (χ4v) is 3.01. The third kappa shape index (κ3) is 1.01. The second-order valence-corrected chi connectivity index (χ2v) is 4.47. The van der Waals surface area contributed by atoms with Crippen molar-refractivity contribution in [2.45, 2.75) is 38.2 Å². The van der Waals surface area contributed by atoms with Gasteiger partial charge in [-0.2, -0.15) is 0 Å². The highest BCUT2D eigenvalue weighted by molar-refractivity contribution is 5.09. The van der Waals surface area contributed by atoms with Crippen molar-refractivity contribution >= 4 is 0 Å². The largest absolute Gasteiger partial charge is 0.389 e. The van der Waals surface area contributed by atoms with Crippen molar-refractivity contribution in [3.63, 3.8) is 0 Å². The average molecular weight is 169 g/mol. The minimum absolute atomic E-state index is 0.343. The topological polar surface area (TPSA) is 46.2 Å². The van der Waals surface area contributed by atoms with Crippen LogP contribution >= 0.6 is 0 Å². The van der Waals surface area contributed by atoms with Gasteiger partial charge in [0.2, 0.25) is 0 Å². The number of hydrogen-bond donors (Lipinski definition) is 2. The van der Waals surface area contributed by atoms with Crippen LogP contribution in [-0.4, -0.2) is 17.3 Å². The van der Waals surface area contributed by atoms with E-state index >= 15 is 0 Å². The highest BCUT2D eigenvalue weighted by Crippen LogP contribution is 2.60. The van der Waals surface area contributed by atoms with Gasteiger partial charge in [0, 0.05) is 0 Å². The molecule has 0 saturated heterocycles. The zero-order valence-electron chi connectivity index (χ0n) is 7.79. The minimum atomic E-state index is -0.381. The molecule has 2 fully saturated rings. The number of fused-ring (bicyclic) bond motifs is 1. The molecule has 2 nitrogen and oxygen atoms in total. The van der Waals surface area contributed by atoms with Gasteiger partial charge in [0.05, 0.1) is 5.60 Å². The highest BCUT2D eigenvalue weighted by atomic mass is 16.3. The predicted molar refractivity (Wildman–Crippen MR) is 48.6 cm³/mol. The molecule has 0 amide bonds. The van der Waals surface area contributed by atoms with Crippen molar-refractivity contribution in [1.29, 1.82) is 0 Å². The zero-order valence-corrected chi connectivity index (χ0v) is 7.79. The second kappa shape index (κ2) is 2.71. The third-order valence-corrected chi connectivity index (χ3v) is 3.96. The van der Waals surface area contributed by atoms with Gasteiger partial charge in [-0.25, -0.2) is 0 Å². The van der Waals surface area contributed by atoms with Crippen LogP contribution in [0.1, 0.15) is 32.6 Å². The summed E-state index contributed by atoms with van der Waals surface area (Å²) in [6.45, 7) is 2.78. The van der Waals surface area contributed by atoms with Crippen molar-refractivity contribution < 1.29 is 5.11 Å². The molecular formula is C10H19NO. The molecule has 0 heterocycles. The Bertz CT molecular complexity index is 179. The van der Waals surface area contributed by atoms with E-state index in [1.807, 2.05) is 0 Å². The maximum atomic E-state index is 10.4. The highest BCUT2D eigenvalue weighted by Gasteiger charge is 2.59. The van der Waals surface area contributed by atoms with E-state index in [1.165, 1.54) is 12.8 Å². The van der Waals surface area contributed by atoms with Gasteiger partial charge in [0.15, 0.2) is 0 Å². The minimum Gasteiger partial charge on any atom is -0.389 e. The summed E-state index contributed by atoms with van der Waals surface area (Å²) < 4.78 is 0. The SMILES string of the molecule is CCC(CN)C1(O)CCC2CC21. The molecule has 0 radical (unpaired) electrons. The van der Waals surface area contributed by atoms with Crippen molar-refractivity contribution in [1.82, 2.24) is 0 Å². The van der Waals surface area contributed by atoms with Crippen molar-refractivity contribution in [3.8, 4) is 0 Å². The molecule has 3 N–H and O–H groups in total. The molecule has 12 heavy (non-hydrogen) atoms. The molecule has 2 aliphatic carbocycles. The van der Waals surface area contributed by atoms with Crippen LogP contribution in [0.15, 0.2) is 0 Å². The summed E-state index contributed by atoms with van der Waals surface area (Å²) >= 11 is 0. The summed E-state index contributed by atoms with van der Waals surface area (Å²) in [6, 6.07) is 0. The Morgan fingerprint density at radius 3 is 2.75 bits per heavy atom. The number of rotatable bonds is 3. The molecule has 2 heteroatoms. The molecule has 0 spiro atoms. The van der Waals surface area contributed by atoms with E-state index in [-0.39, 0.29) is 5.60 Å². The van der Waals surface area contributed by atoms with E-state index in [0.717, 1.165) is 18.8 Å². The first-order valence-corrected chi connectivity index (χ1v) is 5.14. The quantitative estimate of drug-likeness (QED) is 0.665. The fraction of sp³-hybridized carbons (Fsp3) is 1.00. The smallest absolute Gasteiger partial charge is 0.0718 e. The molecule has 2 rings (SSSR count). The fourth-order valence-electron chi connectivity index (χ4n) is 3.01. The third-order valence-electron chi connectivity index (χ3n) is 3.96. The lowest BCUT2D eigenvalue weighted by Gasteiger charge is -2.33. The van der Waals surface area contributed by atoms with Crippen LogP contribution in [0.3, 0.4) is 0 Å². The number of hydrogen-bond acceptors (Lipinski definition) is 2. The molecule has 0 aliphatic heterocycles. The summed E-state index contributed by atoms with van der Waals surface area (Å²) in [5.41, 5.74) is 5.29. The van der Waals surface area contributed by atoms with E-state index in [4.69, 9.17) is 5.73 Å². The van der Waals surface area contributed by atoms with E-state index in [0.29, 0.717) is 18.4 Å². The molecule has 0 bridgehead atoms. The molecule has 0 aromatic heterocycles. The lowest BCUT2D eigenvalue weighted by atomic mass is 9.81. The number of aliphatic hydroxyl groups is 1. The predicted octanol–water partition coefficient (Wildman–Crippen LogP) is 1.13. The Morgan fingerprint density at radius 1 is 1.67 bits per heavy atom. The molecule has 4 atom stereocenters. The first kappa shape index (κ1) is 8.52. The summed E-state index contributed by atoms with van der Waals surface area (Å²) in [4.78, 5) is 0. The van der Waals surface area contributed by atoms with Crippen LogP contribution < -0.4 is 5.73 Å². The monoisotopic (exact) mass is 169 g/mol. The molecule has 70 valence electrons. The Kier molecular flexibility index (Phi) is 1.92. The molecule has 0 aromatic carbocycles. The van der Waals surface area contributed by atoms with E-state index in [9.17, 15) is 5.11 Å². The van der Waals surface area contributed by atoms with E-state index in [1.54, 1.807) is 0 Å². The van der Waals surface area contributed by atoms with Gasteiger partial charge in [0.25, 0.3) is 0 Å². The Hall–Kier alpha value is -0.0800. The molecule has 2 saturated carbocycles. The summed E-state index contributed by atoms with van der Waals surface area (Å²) in [5, 5.41) is 10.4. The summed E-state index contributed by atoms with van der Waals surface area (Å²) in [5.74, 6) is 1.79.